The third-order valence-corrected chi connectivity index (χ3v) is 2.58. The zero-order valence-corrected chi connectivity index (χ0v) is 9.28. The van der Waals surface area contributed by atoms with Crippen molar-refractivity contribution in [1.29, 1.82) is 0 Å². The summed E-state index contributed by atoms with van der Waals surface area (Å²) in [7, 11) is 0. The van der Waals surface area contributed by atoms with Crippen LogP contribution < -0.4 is 0 Å². The molecule has 2 heteroatoms. The lowest BCUT2D eigenvalue weighted by atomic mass is 9.99. The Bertz CT molecular complexity index is 462. The molecule has 0 aliphatic carbocycles. The first-order valence-corrected chi connectivity index (χ1v) is 5.50. The zero-order valence-electron chi connectivity index (χ0n) is 9.28. The van der Waals surface area contributed by atoms with E-state index < -0.39 is 0 Å². The predicted molar refractivity (Wildman–Crippen MR) is 63.6 cm³/mol. The van der Waals surface area contributed by atoms with Crippen LogP contribution in [0.2, 0.25) is 0 Å². The third kappa shape index (κ3) is 2.27. The topological polar surface area (TPSA) is 12.9 Å². The second-order valence-electron chi connectivity index (χ2n) is 3.79. The average molecular weight is 215 g/mol. The van der Waals surface area contributed by atoms with Crippen molar-refractivity contribution in [3.05, 3.63) is 54.1 Å². The summed E-state index contributed by atoms with van der Waals surface area (Å²) in [5.41, 5.74) is 3.42. The van der Waals surface area contributed by atoms with Crippen LogP contribution in [0.4, 0.5) is 4.39 Å². The summed E-state index contributed by atoms with van der Waals surface area (Å²) in [6.07, 6.45) is 5.75. The fraction of sp³-hybridized carbons (Fsp3) is 0.214. The first-order chi connectivity index (χ1) is 7.81. The molecular formula is C14H14FN. The molecule has 0 spiro atoms. The number of halogens is 1. The van der Waals surface area contributed by atoms with Crippen LogP contribution in [0.15, 0.2) is 42.7 Å². The van der Waals surface area contributed by atoms with E-state index in [1.54, 1.807) is 6.20 Å². The van der Waals surface area contributed by atoms with Gasteiger partial charge in [-0.2, -0.15) is 0 Å². The van der Waals surface area contributed by atoms with Gasteiger partial charge < -0.3 is 0 Å². The fourth-order valence-electron chi connectivity index (χ4n) is 1.81. The molecule has 0 fully saturated rings. The quantitative estimate of drug-likeness (QED) is 0.758. The Morgan fingerprint density at radius 2 is 1.88 bits per heavy atom. The Morgan fingerprint density at radius 1 is 1.12 bits per heavy atom. The Balaban J connectivity index is 2.42. The number of hydrogen-bond acceptors (Lipinski definition) is 1. The Kier molecular flexibility index (Phi) is 3.30. The van der Waals surface area contributed by atoms with Crippen LogP contribution in [-0.2, 0) is 6.42 Å². The molecule has 0 saturated heterocycles. The molecule has 0 aliphatic heterocycles. The standard InChI is InChI=1S/C14H14FN/c1-2-3-12-10-16-9-8-14(12)11-4-6-13(15)7-5-11/h4-10H,2-3H2,1H3. The number of rotatable bonds is 3. The average Bonchev–Trinajstić information content (AvgIpc) is 2.32. The van der Waals surface area contributed by atoms with Crippen molar-refractivity contribution in [2.75, 3.05) is 0 Å². The van der Waals surface area contributed by atoms with Crippen molar-refractivity contribution in [2.45, 2.75) is 19.8 Å². The van der Waals surface area contributed by atoms with Crippen LogP contribution in [0.3, 0.4) is 0 Å². The third-order valence-electron chi connectivity index (χ3n) is 2.58. The number of pyridine rings is 1. The molecule has 0 N–H and O–H groups in total. The van der Waals surface area contributed by atoms with Crippen molar-refractivity contribution < 1.29 is 4.39 Å². The monoisotopic (exact) mass is 215 g/mol. The van der Waals surface area contributed by atoms with Crippen molar-refractivity contribution >= 4 is 0 Å². The van der Waals surface area contributed by atoms with Crippen LogP contribution in [0.5, 0.6) is 0 Å². The summed E-state index contributed by atoms with van der Waals surface area (Å²) >= 11 is 0. The molecule has 0 atom stereocenters. The molecule has 0 amide bonds. The summed E-state index contributed by atoms with van der Waals surface area (Å²) in [5, 5.41) is 0. The molecule has 1 aromatic carbocycles. The molecule has 1 heterocycles. The van der Waals surface area contributed by atoms with Gasteiger partial charge in [0.15, 0.2) is 0 Å². The second kappa shape index (κ2) is 4.88. The van der Waals surface area contributed by atoms with Gasteiger partial charge in [0.25, 0.3) is 0 Å². The molecule has 16 heavy (non-hydrogen) atoms. The van der Waals surface area contributed by atoms with E-state index in [9.17, 15) is 4.39 Å². The Morgan fingerprint density at radius 3 is 2.56 bits per heavy atom. The predicted octanol–water partition coefficient (Wildman–Crippen LogP) is 3.84. The maximum absolute atomic E-state index is 12.8. The van der Waals surface area contributed by atoms with Gasteiger partial charge in [-0.05, 0) is 41.3 Å². The number of benzene rings is 1. The van der Waals surface area contributed by atoms with E-state index in [-0.39, 0.29) is 5.82 Å². The largest absolute Gasteiger partial charge is 0.264 e. The highest BCUT2D eigenvalue weighted by Gasteiger charge is 2.04. The highest BCUT2D eigenvalue weighted by atomic mass is 19.1. The van der Waals surface area contributed by atoms with E-state index in [4.69, 9.17) is 0 Å². The summed E-state index contributed by atoms with van der Waals surface area (Å²) in [6, 6.07) is 8.59. The number of aryl methyl sites for hydroxylation is 1. The number of aromatic nitrogens is 1. The zero-order chi connectivity index (χ0) is 11.4. The molecule has 0 saturated carbocycles. The minimum Gasteiger partial charge on any atom is -0.264 e. The van der Waals surface area contributed by atoms with Gasteiger partial charge in [-0.1, -0.05) is 25.5 Å². The van der Waals surface area contributed by atoms with Crippen LogP contribution in [0.25, 0.3) is 11.1 Å². The van der Waals surface area contributed by atoms with E-state index in [1.165, 1.54) is 17.7 Å². The normalized spacial score (nSPS) is 10.4. The van der Waals surface area contributed by atoms with Gasteiger partial charge >= 0.3 is 0 Å². The second-order valence-corrected chi connectivity index (χ2v) is 3.79. The van der Waals surface area contributed by atoms with Gasteiger partial charge in [-0.15, -0.1) is 0 Å². The molecule has 0 unspecified atom stereocenters. The molecule has 82 valence electrons. The first kappa shape index (κ1) is 10.8. The van der Waals surface area contributed by atoms with E-state index in [0.717, 1.165) is 24.0 Å². The van der Waals surface area contributed by atoms with E-state index in [0.29, 0.717) is 0 Å². The van der Waals surface area contributed by atoms with Crippen molar-refractivity contribution in [2.24, 2.45) is 0 Å². The maximum atomic E-state index is 12.8. The lowest BCUT2D eigenvalue weighted by Gasteiger charge is -2.07. The van der Waals surface area contributed by atoms with Gasteiger partial charge in [0, 0.05) is 12.4 Å². The molecule has 0 bridgehead atoms. The summed E-state index contributed by atoms with van der Waals surface area (Å²) in [4.78, 5) is 4.13. The molecule has 2 rings (SSSR count). The van der Waals surface area contributed by atoms with E-state index in [2.05, 4.69) is 11.9 Å². The van der Waals surface area contributed by atoms with Crippen LogP contribution >= 0.6 is 0 Å². The van der Waals surface area contributed by atoms with Crippen LogP contribution in [-0.4, -0.2) is 4.98 Å². The SMILES string of the molecule is CCCc1cnccc1-c1ccc(F)cc1. The van der Waals surface area contributed by atoms with Crippen LogP contribution in [0, 0.1) is 5.82 Å². The summed E-state index contributed by atoms with van der Waals surface area (Å²) in [6.45, 7) is 2.14. The first-order valence-electron chi connectivity index (χ1n) is 5.50. The fourth-order valence-corrected chi connectivity index (χ4v) is 1.81. The minimum atomic E-state index is -0.199. The van der Waals surface area contributed by atoms with Crippen molar-refractivity contribution in [1.82, 2.24) is 4.98 Å². The van der Waals surface area contributed by atoms with Gasteiger partial charge in [0.2, 0.25) is 0 Å². The van der Waals surface area contributed by atoms with Gasteiger partial charge in [-0.3, -0.25) is 4.98 Å². The van der Waals surface area contributed by atoms with Gasteiger partial charge in [0.05, 0.1) is 0 Å². The highest BCUT2D eigenvalue weighted by Crippen LogP contribution is 2.23. The van der Waals surface area contributed by atoms with Gasteiger partial charge in [0.1, 0.15) is 5.82 Å². The number of hydrogen-bond donors (Lipinski definition) is 0. The van der Waals surface area contributed by atoms with Crippen LogP contribution in [0.1, 0.15) is 18.9 Å². The molecule has 0 radical (unpaired) electrons. The molecule has 1 nitrogen and oxygen atoms in total. The molecule has 1 aromatic heterocycles. The van der Waals surface area contributed by atoms with E-state index in [1.807, 2.05) is 24.4 Å². The maximum Gasteiger partial charge on any atom is 0.123 e. The smallest absolute Gasteiger partial charge is 0.123 e. The molecule has 2 aromatic rings. The molecule has 0 aliphatic rings. The lowest BCUT2D eigenvalue weighted by molar-refractivity contribution is 0.628. The number of nitrogens with zero attached hydrogens (tertiary/aromatic N) is 1. The minimum absolute atomic E-state index is 0.199. The Hall–Kier alpha value is -1.70. The van der Waals surface area contributed by atoms with E-state index >= 15 is 0 Å². The summed E-state index contributed by atoms with van der Waals surface area (Å²) < 4.78 is 12.8. The van der Waals surface area contributed by atoms with Crippen molar-refractivity contribution in [3.63, 3.8) is 0 Å². The van der Waals surface area contributed by atoms with Gasteiger partial charge in [-0.25, -0.2) is 4.39 Å². The summed E-state index contributed by atoms with van der Waals surface area (Å²) in [5.74, 6) is -0.199. The molecular weight excluding hydrogens is 201 g/mol. The highest BCUT2D eigenvalue weighted by molar-refractivity contribution is 5.66. The van der Waals surface area contributed by atoms with Crippen molar-refractivity contribution in [3.8, 4) is 11.1 Å². The lowest BCUT2D eigenvalue weighted by Crippen LogP contribution is -1.90. The Labute approximate surface area is 95.0 Å².